The first-order valence-electron chi connectivity index (χ1n) is 8.40. The molecule has 1 fully saturated rings. The van der Waals surface area contributed by atoms with Gasteiger partial charge in [-0.05, 0) is 85.8 Å². The Hall–Kier alpha value is -1.22. The molecule has 5 nitrogen and oxygen atoms in total. The van der Waals surface area contributed by atoms with Crippen molar-refractivity contribution < 1.29 is 14.3 Å². The lowest BCUT2D eigenvalue weighted by Gasteiger charge is -2.13. The van der Waals surface area contributed by atoms with Crippen molar-refractivity contribution in [3.05, 3.63) is 26.2 Å². The Kier molecular flexibility index (Phi) is 7.61. The Morgan fingerprint density at radius 1 is 1.20 bits per heavy atom. The van der Waals surface area contributed by atoms with Crippen LogP contribution in [0.15, 0.2) is 22.0 Å². The summed E-state index contributed by atoms with van der Waals surface area (Å²) < 4.78 is 12.4. The van der Waals surface area contributed by atoms with E-state index in [0.717, 1.165) is 20.1 Å². The molecule has 1 aliphatic rings. The van der Waals surface area contributed by atoms with Crippen LogP contribution in [0, 0.1) is 3.57 Å². The number of ether oxygens (including phenoxy) is 2. The van der Waals surface area contributed by atoms with Crippen molar-refractivity contribution >= 4 is 51.5 Å². The van der Waals surface area contributed by atoms with Crippen molar-refractivity contribution in [1.82, 2.24) is 4.90 Å². The monoisotopic (exact) mass is 474 g/mol. The van der Waals surface area contributed by atoms with Crippen LogP contribution in [0.3, 0.4) is 0 Å². The highest BCUT2D eigenvalue weighted by atomic mass is 127. The van der Waals surface area contributed by atoms with Gasteiger partial charge in [-0.2, -0.15) is 0 Å². The fourth-order valence-electron chi connectivity index (χ4n) is 2.41. The summed E-state index contributed by atoms with van der Waals surface area (Å²) in [7, 11) is 0. The molecule has 0 atom stereocenters. The van der Waals surface area contributed by atoms with Crippen LogP contribution < -0.4 is 9.47 Å². The summed E-state index contributed by atoms with van der Waals surface area (Å²) >= 11 is 3.66. The Morgan fingerprint density at radius 3 is 2.52 bits per heavy atom. The smallest absolute Gasteiger partial charge is 0.266 e. The van der Waals surface area contributed by atoms with Gasteiger partial charge in [0.1, 0.15) is 0 Å². The number of thioether (sulfide) groups is 1. The fraction of sp³-hybridized carbons (Fsp3) is 0.444. The molecular weight excluding hydrogens is 451 g/mol. The third-order valence-corrected chi connectivity index (χ3v) is 5.26. The van der Waals surface area contributed by atoms with E-state index in [1.54, 1.807) is 4.90 Å². The third-order valence-electron chi connectivity index (χ3n) is 3.42. The summed E-state index contributed by atoms with van der Waals surface area (Å²) in [5.74, 6) is 1.45. The molecule has 136 valence electrons. The Morgan fingerprint density at radius 2 is 1.92 bits per heavy atom. The molecule has 7 heteroatoms. The molecule has 0 radical (unpaired) electrons. The second kappa shape index (κ2) is 9.47. The maximum atomic E-state index is 12.6. The zero-order chi connectivity index (χ0) is 18.4. The molecule has 0 aromatic heterocycles. The van der Waals surface area contributed by atoms with Crippen molar-refractivity contribution in [3.8, 4) is 11.5 Å². The molecule has 0 N–H and O–H groups in total. The van der Waals surface area contributed by atoms with Gasteiger partial charge in [0.05, 0.1) is 21.7 Å². The van der Waals surface area contributed by atoms with Crippen LogP contribution in [0.1, 0.15) is 33.3 Å². The first-order chi connectivity index (χ1) is 12.0. The lowest BCUT2D eigenvalue weighted by molar-refractivity contribution is -0.122. The number of rotatable bonds is 7. The molecular formula is C18H23IN2O3S. The van der Waals surface area contributed by atoms with Crippen LogP contribution in [-0.2, 0) is 4.79 Å². The van der Waals surface area contributed by atoms with Crippen LogP contribution in [0.4, 0.5) is 0 Å². The topological polar surface area (TPSA) is 51.1 Å². The average molecular weight is 474 g/mol. The summed E-state index contributed by atoms with van der Waals surface area (Å²) in [5, 5.41) is 0.770. The second-order valence-electron chi connectivity index (χ2n) is 5.11. The summed E-state index contributed by atoms with van der Waals surface area (Å²) in [4.78, 5) is 19.4. The van der Waals surface area contributed by atoms with E-state index in [4.69, 9.17) is 9.47 Å². The molecule has 0 saturated carbocycles. The molecule has 1 saturated heterocycles. The molecule has 1 aromatic carbocycles. The van der Waals surface area contributed by atoms with Crippen molar-refractivity contribution in [2.75, 3.05) is 26.3 Å². The molecule has 2 rings (SSSR count). The van der Waals surface area contributed by atoms with E-state index >= 15 is 0 Å². The van der Waals surface area contributed by atoms with Gasteiger partial charge in [-0.25, -0.2) is 0 Å². The van der Waals surface area contributed by atoms with Crippen LogP contribution >= 0.6 is 34.4 Å². The standard InChI is InChI=1S/C18H23IN2O3S/c1-5-20-18-21(6-2)17(22)15(25-18)11-12-9-13(19)16(24-8-4)14(10-12)23-7-3/h9-11H,5-8H2,1-4H3. The van der Waals surface area contributed by atoms with Gasteiger partial charge in [-0.15, -0.1) is 0 Å². The average Bonchev–Trinajstić information content (AvgIpc) is 2.86. The van der Waals surface area contributed by atoms with E-state index in [0.29, 0.717) is 37.0 Å². The largest absolute Gasteiger partial charge is 0.490 e. The van der Waals surface area contributed by atoms with E-state index in [9.17, 15) is 4.79 Å². The highest BCUT2D eigenvalue weighted by Gasteiger charge is 2.31. The predicted octanol–water partition coefficient (Wildman–Crippen LogP) is 4.40. The van der Waals surface area contributed by atoms with Crippen molar-refractivity contribution in [1.29, 1.82) is 0 Å². The number of nitrogens with zero attached hydrogens (tertiary/aromatic N) is 2. The lowest BCUT2D eigenvalue weighted by Crippen LogP contribution is -2.28. The summed E-state index contributed by atoms with van der Waals surface area (Å²) in [6, 6.07) is 3.92. The Bertz CT molecular complexity index is 704. The van der Waals surface area contributed by atoms with Gasteiger partial charge in [-0.3, -0.25) is 14.7 Å². The number of carbonyl (C=O) groups excluding carboxylic acids is 1. The zero-order valence-electron chi connectivity index (χ0n) is 15.0. The van der Waals surface area contributed by atoms with Gasteiger partial charge in [0.25, 0.3) is 5.91 Å². The Labute approximate surface area is 167 Å². The molecule has 0 spiro atoms. The minimum absolute atomic E-state index is 0.00144. The van der Waals surface area contributed by atoms with Gasteiger partial charge in [0, 0.05) is 13.1 Å². The summed E-state index contributed by atoms with van der Waals surface area (Å²) in [5.41, 5.74) is 0.918. The first kappa shape index (κ1) is 20.1. The van der Waals surface area contributed by atoms with E-state index in [1.807, 2.05) is 45.9 Å². The lowest BCUT2D eigenvalue weighted by atomic mass is 10.2. The Balaban J connectivity index is 2.40. The number of hydrogen-bond acceptors (Lipinski definition) is 5. The molecule has 1 aromatic rings. The quantitative estimate of drug-likeness (QED) is 0.434. The number of likely N-dealkylation sites (N-methyl/N-ethyl adjacent to an activating group) is 1. The molecule has 0 unspecified atom stereocenters. The maximum Gasteiger partial charge on any atom is 0.266 e. The summed E-state index contributed by atoms with van der Waals surface area (Å²) in [6.45, 7) is 10.2. The number of benzene rings is 1. The molecule has 25 heavy (non-hydrogen) atoms. The number of carbonyl (C=O) groups is 1. The number of amidine groups is 1. The SMILES string of the molecule is CCN=C1SC(=Cc2cc(I)c(OCC)c(OCC)c2)C(=O)N1CC. The highest BCUT2D eigenvalue weighted by Crippen LogP contribution is 2.37. The van der Waals surface area contributed by atoms with Crippen molar-refractivity contribution in [3.63, 3.8) is 0 Å². The van der Waals surface area contributed by atoms with Crippen LogP contribution in [0.2, 0.25) is 0 Å². The van der Waals surface area contributed by atoms with Gasteiger partial charge in [-0.1, -0.05) is 0 Å². The highest BCUT2D eigenvalue weighted by molar-refractivity contribution is 14.1. The number of hydrogen-bond donors (Lipinski definition) is 0. The summed E-state index contributed by atoms with van der Waals surface area (Å²) in [6.07, 6.45) is 1.90. The maximum absolute atomic E-state index is 12.6. The molecule has 0 aliphatic carbocycles. The normalized spacial score (nSPS) is 17.6. The van der Waals surface area contributed by atoms with E-state index in [2.05, 4.69) is 27.6 Å². The number of aliphatic imine (C=N–C) groups is 1. The number of halogens is 1. The van der Waals surface area contributed by atoms with E-state index < -0.39 is 0 Å². The van der Waals surface area contributed by atoms with Crippen LogP contribution in [0.5, 0.6) is 11.5 Å². The minimum atomic E-state index is 0.00144. The van der Waals surface area contributed by atoms with Gasteiger partial charge >= 0.3 is 0 Å². The van der Waals surface area contributed by atoms with E-state index in [-0.39, 0.29) is 5.91 Å². The van der Waals surface area contributed by atoms with Crippen LogP contribution in [0.25, 0.3) is 6.08 Å². The van der Waals surface area contributed by atoms with Crippen LogP contribution in [-0.4, -0.2) is 42.3 Å². The molecule has 1 heterocycles. The molecule has 0 bridgehead atoms. The minimum Gasteiger partial charge on any atom is -0.490 e. The van der Waals surface area contributed by atoms with Crippen molar-refractivity contribution in [2.24, 2.45) is 4.99 Å². The van der Waals surface area contributed by atoms with Crippen molar-refractivity contribution in [2.45, 2.75) is 27.7 Å². The second-order valence-corrected chi connectivity index (χ2v) is 7.28. The van der Waals surface area contributed by atoms with Gasteiger partial charge < -0.3 is 9.47 Å². The first-order valence-corrected chi connectivity index (χ1v) is 10.3. The molecule has 1 amide bonds. The third kappa shape index (κ3) is 4.69. The van der Waals surface area contributed by atoms with E-state index in [1.165, 1.54) is 11.8 Å². The zero-order valence-corrected chi connectivity index (χ0v) is 17.9. The molecule has 1 aliphatic heterocycles. The van der Waals surface area contributed by atoms with Gasteiger partial charge in [0.2, 0.25) is 0 Å². The predicted molar refractivity (Wildman–Crippen MR) is 112 cm³/mol. The number of amides is 1. The fourth-order valence-corrected chi connectivity index (χ4v) is 4.30. The van der Waals surface area contributed by atoms with Gasteiger partial charge in [0.15, 0.2) is 16.7 Å².